The van der Waals surface area contributed by atoms with Gasteiger partial charge in [0.1, 0.15) is 0 Å². The zero-order valence-corrected chi connectivity index (χ0v) is 14.1. The van der Waals surface area contributed by atoms with Gasteiger partial charge in [-0.05, 0) is 37.6 Å². The van der Waals surface area contributed by atoms with Crippen LogP contribution in [0.15, 0.2) is 53.0 Å². The fourth-order valence-electron chi connectivity index (χ4n) is 2.19. The molecule has 0 unspecified atom stereocenters. The molecule has 0 bridgehead atoms. The van der Waals surface area contributed by atoms with E-state index in [1.54, 1.807) is 0 Å². The Labute approximate surface area is 134 Å². The molecule has 0 radical (unpaired) electrons. The number of aryl methyl sites for hydroxylation is 1. The van der Waals surface area contributed by atoms with Crippen LogP contribution >= 0.6 is 15.9 Å². The number of carbonyl (C=O) groups excluding carboxylic acids is 1. The van der Waals surface area contributed by atoms with Crippen molar-refractivity contribution in [3.63, 3.8) is 0 Å². The van der Waals surface area contributed by atoms with Gasteiger partial charge in [0.05, 0.1) is 0 Å². The van der Waals surface area contributed by atoms with Crippen LogP contribution in [-0.4, -0.2) is 19.4 Å². The average molecular weight is 346 g/mol. The van der Waals surface area contributed by atoms with E-state index in [0.29, 0.717) is 6.42 Å². The van der Waals surface area contributed by atoms with E-state index >= 15 is 0 Å². The second-order valence-corrected chi connectivity index (χ2v) is 6.21. The highest BCUT2D eigenvalue weighted by atomic mass is 79.9. The summed E-state index contributed by atoms with van der Waals surface area (Å²) in [7, 11) is 2.06. The number of ketones is 1. The Balaban J connectivity index is 1.82. The minimum atomic E-state index is 0.208. The Morgan fingerprint density at radius 1 is 1.05 bits per heavy atom. The number of Topliss-reactive ketones (excluding diaryl/α,β-unsaturated/α-hetero) is 1. The van der Waals surface area contributed by atoms with Crippen LogP contribution in [0.25, 0.3) is 0 Å². The van der Waals surface area contributed by atoms with Crippen molar-refractivity contribution in [2.75, 3.05) is 18.5 Å². The molecule has 0 aliphatic carbocycles. The lowest BCUT2D eigenvalue weighted by molar-refractivity contribution is 0.0981. The van der Waals surface area contributed by atoms with Crippen molar-refractivity contribution in [3.05, 3.63) is 64.1 Å². The Morgan fingerprint density at radius 3 is 2.29 bits per heavy atom. The van der Waals surface area contributed by atoms with Gasteiger partial charge in [-0.2, -0.15) is 0 Å². The van der Waals surface area contributed by atoms with E-state index < -0.39 is 0 Å². The second-order valence-electron chi connectivity index (χ2n) is 5.29. The maximum Gasteiger partial charge on any atom is 0.162 e. The quantitative estimate of drug-likeness (QED) is 0.697. The first-order valence-corrected chi connectivity index (χ1v) is 7.92. The Bertz CT molecular complexity index is 590. The molecule has 3 heteroatoms. The van der Waals surface area contributed by atoms with E-state index in [2.05, 4.69) is 59.1 Å². The van der Waals surface area contributed by atoms with Crippen LogP contribution < -0.4 is 4.90 Å². The zero-order valence-electron chi connectivity index (χ0n) is 12.5. The summed E-state index contributed by atoms with van der Waals surface area (Å²) in [6, 6.07) is 16.0. The molecule has 0 saturated carbocycles. The summed E-state index contributed by atoms with van der Waals surface area (Å²) in [5.74, 6) is 0.208. The molecular formula is C18H20BrNO. The first-order chi connectivity index (χ1) is 10.1. The molecule has 0 amide bonds. The van der Waals surface area contributed by atoms with E-state index in [9.17, 15) is 4.79 Å². The molecule has 0 fully saturated rings. The van der Waals surface area contributed by atoms with Gasteiger partial charge in [0.2, 0.25) is 0 Å². The second kappa shape index (κ2) is 7.41. The van der Waals surface area contributed by atoms with Crippen molar-refractivity contribution in [2.24, 2.45) is 0 Å². The van der Waals surface area contributed by atoms with Gasteiger partial charge < -0.3 is 4.90 Å². The van der Waals surface area contributed by atoms with Gasteiger partial charge in [-0.3, -0.25) is 4.79 Å². The third kappa shape index (κ3) is 4.71. The topological polar surface area (TPSA) is 20.3 Å². The molecule has 2 aromatic rings. The normalized spacial score (nSPS) is 10.4. The standard InChI is InChI=1S/C18H20BrNO/c1-14-5-11-17(12-6-14)20(2)13-3-4-18(21)15-7-9-16(19)10-8-15/h5-12H,3-4,13H2,1-2H3. The van der Waals surface area contributed by atoms with Crippen LogP contribution in [0, 0.1) is 6.92 Å². The summed E-state index contributed by atoms with van der Waals surface area (Å²) in [5.41, 5.74) is 3.24. The van der Waals surface area contributed by atoms with Crippen molar-refractivity contribution in [3.8, 4) is 0 Å². The first-order valence-electron chi connectivity index (χ1n) is 7.13. The van der Waals surface area contributed by atoms with Gasteiger partial charge in [0.15, 0.2) is 5.78 Å². The summed E-state index contributed by atoms with van der Waals surface area (Å²) in [4.78, 5) is 14.3. The van der Waals surface area contributed by atoms with Crippen LogP contribution in [-0.2, 0) is 0 Å². The molecular weight excluding hydrogens is 326 g/mol. The number of anilines is 1. The molecule has 21 heavy (non-hydrogen) atoms. The van der Waals surface area contributed by atoms with Crippen molar-refractivity contribution in [1.29, 1.82) is 0 Å². The molecule has 0 spiro atoms. The fraction of sp³-hybridized carbons (Fsp3) is 0.278. The molecule has 0 aliphatic rings. The molecule has 110 valence electrons. The van der Waals surface area contributed by atoms with Crippen molar-refractivity contribution >= 4 is 27.4 Å². The van der Waals surface area contributed by atoms with Crippen LogP contribution in [0.3, 0.4) is 0 Å². The summed E-state index contributed by atoms with van der Waals surface area (Å²) < 4.78 is 0.998. The molecule has 0 N–H and O–H groups in total. The summed E-state index contributed by atoms with van der Waals surface area (Å²) in [6.07, 6.45) is 1.44. The molecule has 2 aromatic carbocycles. The fourth-order valence-corrected chi connectivity index (χ4v) is 2.45. The van der Waals surface area contributed by atoms with Crippen LogP contribution in [0.2, 0.25) is 0 Å². The Kier molecular flexibility index (Phi) is 5.57. The number of benzene rings is 2. The highest BCUT2D eigenvalue weighted by Crippen LogP contribution is 2.15. The lowest BCUT2D eigenvalue weighted by atomic mass is 10.1. The average Bonchev–Trinajstić information content (AvgIpc) is 2.48. The molecule has 2 rings (SSSR count). The minimum absolute atomic E-state index is 0.208. The first kappa shape index (κ1) is 15.8. The van der Waals surface area contributed by atoms with Gasteiger partial charge in [-0.15, -0.1) is 0 Å². The van der Waals surface area contributed by atoms with E-state index in [1.807, 2.05) is 24.3 Å². The number of hydrogen-bond acceptors (Lipinski definition) is 2. The zero-order chi connectivity index (χ0) is 15.2. The van der Waals surface area contributed by atoms with Crippen molar-refractivity contribution in [2.45, 2.75) is 19.8 Å². The SMILES string of the molecule is Cc1ccc(N(C)CCCC(=O)c2ccc(Br)cc2)cc1. The highest BCUT2D eigenvalue weighted by Gasteiger charge is 2.07. The Morgan fingerprint density at radius 2 is 1.67 bits per heavy atom. The number of hydrogen-bond donors (Lipinski definition) is 0. The third-order valence-corrected chi connectivity index (χ3v) is 4.07. The van der Waals surface area contributed by atoms with E-state index in [4.69, 9.17) is 0 Å². The largest absolute Gasteiger partial charge is 0.375 e. The van der Waals surface area contributed by atoms with Crippen molar-refractivity contribution < 1.29 is 4.79 Å². The third-order valence-electron chi connectivity index (χ3n) is 3.54. The van der Waals surface area contributed by atoms with Gasteiger partial charge in [0.25, 0.3) is 0 Å². The number of halogens is 1. The molecule has 0 atom stereocenters. The van der Waals surface area contributed by atoms with Crippen LogP contribution in [0.4, 0.5) is 5.69 Å². The monoisotopic (exact) mass is 345 g/mol. The maximum atomic E-state index is 12.1. The summed E-state index contributed by atoms with van der Waals surface area (Å²) >= 11 is 3.38. The lowest BCUT2D eigenvalue weighted by Gasteiger charge is -2.19. The minimum Gasteiger partial charge on any atom is -0.375 e. The number of carbonyl (C=O) groups is 1. The summed E-state index contributed by atoms with van der Waals surface area (Å²) in [5, 5.41) is 0. The van der Waals surface area contributed by atoms with Gasteiger partial charge in [-0.1, -0.05) is 45.8 Å². The molecule has 0 heterocycles. The highest BCUT2D eigenvalue weighted by molar-refractivity contribution is 9.10. The van der Waals surface area contributed by atoms with E-state index in [-0.39, 0.29) is 5.78 Å². The smallest absolute Gasteiger partial charge is 0.162 e. The predicted molar refractivity (Wildman–Crippen MR) is 92.2 cm³/mol. The molecule has 2 nitrogen and oxygen atoms in total. The number of nitrogens with zero attached hydrogens (tertiary/aromatic N) is 1. The lowest BCUT2D eigenvalue weighted by Crippen LogP contribution is -2.19. The number of rotatable bonds is 6. The van der Waals surface area contributed by atoms with E-state index in [1.165, 1.54) is 11.3 Å². The van der Waals surface area contributed by atoms with Crippen molar-refractivity contribution in [1.82, 2.24) is 0 Å². The van der Waals surface area contributed by atoms with Gasteiger partial charge >= 0.3 is 0 Å². The summed E-state index contributed by atoms with van der Waals surface area (Å²) in [6.45, 7) is 2.96. The Hall–Kier alpha value is -1.61. The van der Waals surface area contributed by atoms with Gasteiger partial charge in [0, 0.05) is 35.7 Å². The molecule has 0 saturated heterocycles. The molecule has 0 aromatic heterocycles. The predicted octanol–water partition coefficient (Wildman–Crippen LogP) is 4.86. The van der Waals surface area contributed by atoms with E-state index in [0.717, 1.165) is 23.0 Å². The van der Waals surface area contributed by atoms with Crippen LogP contribution in [0.5, 0.6) is 0 Å². The van der Waals surface area contributed by atoms with Crippen LogP contribution in [0.1, 0.15) is 28.8 Å². The molecule has 0 aliphatic heterocycles. The maximum absolute atomic E-state index is 12.1. The van der Waals surface area contributed by atoms with Gasteiger partial charge in [-0.25, -0.2) is 0 Å².